The number of hydrogen-bond acceptors (Lipinski definition) is 3. The molecule has 0 radical (unpaired) electrons. The summed E-state index contributed by atoms with van der Waals surface area (Å²) in [6.45, 7) is 3.54. The van der Waals surface area contributed by atoms with Gasteiger partial charge in [0.25, 0.3) is 0 Å². The predicted molar refractivity (Wildman–Crippen MR) is 31.1 cm³/mol. The minimum absolute atomic E-state index is 0.00292. The van der Waals surface area contributed by atoms with E-state index in [1.165, 1.54) is 6.21 Å². The largest absolute Gasteiger partial charge is 0.411 e. The maximum Gasteiger partial charge on any atom is 0.0532 e. The fraction of sp³-hybridized carbons (Fsp3) is 0.800. The van der Waals surface area contributed by atoms with Crippen LogP contribution in [0.2, 0.25) is 0 Å². The van der Waals surface area contributed by atoms with Gasteiger partial charge in [-0.15, -0.1) is 5.16 Å². The van der Waals surface area contributed by atoms with Gasteiger partial charge in [-0.05, 0) is 0 Å². The van der Waals surface area contributed by atoms with E-state index in [9.17, 15) is 0 Å². The summed E-state index contributed by atoms with van der Waals surface area (Å²) in [7, 11) is 0. The van der Waals surface area contributed by atoms with Crippen molar-refractivity contribution >= 4 is 6.21 Å². The number of hydrogen-bond donors (Lipinski definition) is 2. The highest BCUT2D eigenvalue weighted by Gasteiger charge is 2.12. The van der Waals surface area contributed by atoms with Crippen LogP contribution in [0.3, 0.4) is 0 Å². The zero-order valence-corrected chi connectivity index (χ0v) is 5.13. The molecule has 0 bridgehead atoms. The molecule has 0 rings (SSSR count). The lowest BCUT2D eigenvalue weighted by Gasteiger charge is -2.12. The average molecular weight is 117 g/mol. The number of rotatable bonds is 2. The lowest BCUT2D eigenvalue weighted by molar-refractivity contribution is 0.211. The van der Waals surface area contributed by atoms with Crippen molar-refractivity contribution in [3.05, 3.63) is 0 Å². The zero-order valence-electron chi connectivity index (χ0n) is 5.13. The standard InChI is InChI=1S/C5H11NO2/c1-5(2,4-7)3-6-8/h3,7-8H,4H2,1-2H3. The van der Waals surface area contributed by atoms with Crippen LogP contribution in [0.25, 0.3) is 0 Å². The normalized spacial score (nSPS) is 12.9. The molecule has 48 valence electrons. The first-order chi connectivity index (χ1) is 3.62. The molecule has 0 fully saturated rings. The van der Waals surface area contributed by atoms with E-state index in [2.05, 4.69) is 5.16 Å². The third-order valence-electron chi connectivity index (χ3n) is 0.815. The molecule has 0 amide bonds. The second-order valence-corrected chi connectivity index (χ2v) is 2.39. The van der Waals surface area contributed by atoms with Crippen LogP contribution >= 0.6 is 0 Å². The van der Waals surface area contributed by atoms with Crippen molar-refractivity contribution in [2.45, 2.75) is 13.8 Å². The Bertz CT molecular complexity index is 88.4. The molecular formula is C5H11NO2. The van der Waals surface area contributed by atoms with Gasteiger partial charge in [-0.25, -0.2) is 0 Å². The molecule has 0 aliphatic carbocycles. The molecule has 0 aromatic rings. The van der Waals surface area contributed by atoms with Gasteiger partial charge in [-0.3, -0.25) is 0 Å². The van der Waals surface area contributed by atoms with E-state index in [4.69, 9.17) is 10.3 Å². The van der Waals surface area contributed by atoms with Crippen molar-refractivity contribution in [3.8, 4) is 0 Å². The number of aliphatic hydroxyl groups excluding tert-OH is 1. The molecule has 0 spiro atoms. The molecule has 3 heteroatoms. The van der Waals surface area contributed by atoms with Gasteiger partial charge in [0.05, 0.1) is 12.8 Å². The van der Waals surface area contributed by atoms with Crippen molar-refractivity contribution in [2.24, 2.45) is 10.6 Å². The average Bonchev–Trinajstić information content (AvgIpc) is 1.67. The molecule has 0 heterocycles. The van der Waals surface area contributed by atoms with Gasteiger partial charge in [0.15, 0.2) is 0 Å². The van der Waals surface area contributed by atoms with Crippen molar-refractivity contribution in [2.75, 3.05) is 6.61 Å². The van der Waals surface area contributed by atoms with E-state index in [0.717, 1.165) is 0 Å². The predicted octanol–water partition coefficient (Wildman–Crippen LogP) is 0.465. The number of aliphatic hydroxyl groups is 1. The van der Waals surface area contributed by atoms with Gasteiger partial charge < -0.3 is 10.3 Å². The van der Waals surface area contributed by atoms with E-state index in [0.29, 0.717) is 0 Å². The van der Waals surface area contributed by atoms with Crippen LogP contribution in [0, 0.1) is 5.41 Å². The summed E-state index contributed by atoms with van der Waals surface area (Å²) in [5.41, 5.74) is -0.394. The third kappa shape index (κ3) is 2.58. The first-order valence-corrected chi connectivity index (χ1v) is 2.42. The SMILES string of the molecule is CC(C)(C=NO)CO. The summed E-state index contributed by atoms with van der Waals surface area (Å²) in [5, 5.41) is 19.3. The highest BCUT2D eigenvalue weighted by molar-refractivity contribution is 5.63. The zero-order chi connectivity index (χ0) is 6.62. The van der Waals surface area contributed by atoms with Gasteiger partial charge in [0.2, 0.25) is 0 Å². The third-order valence-corrected chi connectivity index (χ3v) is 0.815. The van der Waals surface area contributed by atoms with Gasteiger partial charge in [0.1, 0.15) is 0 Å². The topological polar surface area (TPSA) is 52.8 Å². The maximum absolute atomic E-state index is 8.52. The Morgan fingerprint density at radius 1 is 1.62 bits per heavy atom. The highest BCUT2D eigenvalue weighted by atomic mass is 16.4. The van der Waals surface area contributed by atoms with Crippen LogP contribution in [0.1, 0.15) is 13.8 Å². The molecule has 0 aliphatic rings. The Labute approximate surface area is 48.6 Å². The molecule has 0 saturated heterocycles. The van der Waals surface area contributed by atoms with Crippen molar-refractivity contribution in [1.29, 1.82) is 0 Å². The lowest BCUT2D eigenvalue weighted by atomic mass is 9.97. The van der Waals surface area contributed by atoms with Gasteiger partial charge in [-0.2, -0.15) is 0 Å². The van der Waals surface area contributed by atoms with Crippen molar-refractivity contribution in [3.63, 3.8) is 0 Å². The smallest absolute Gasteiger partial charge is 0.0532 e. The molecule has 0 unspecified atom stereocenters. The van der Waals surface area contributed by atoms with Crippen LogP contribution in [-0.4, -0.2) is 23.1 Å². The molecule has 0 atom stereocenters. The number of nitrogens with zero attached hydrogens (tertiary/aromatic N) is 1. The van der Waals surface area contributed by atoms with Crippen LogP contribution in [0.5, 0.6) is 0 Å². The molecule has 0 aromatic heterocycles. The van der Waals surface area contributed by atoms with Crippen LogP contribution in [0.4, 0.5) is 0 Å². The summed E-state index contributed by atoms with van der Waals surface area (Å²) < 4.78 is 0. The van der Waals surface area contributed by atoms with Crippen LogP contribution in [-0.2, 0) is 0 Å². The molecule has 2 N–H and O–H groups in total. The summed E-state index contributed by atoms with van der Waals surface area (Å²) in [4.78, 5) is 0. The van der Waals surface area contributed by atoms with E-state index < -0.39 is 5.41 Å². The van der Waals surface area contributed by atoms with Gasteiger partial charge >= 0.3 is 0 Å². The van der Waals surface area contributed by atoms with Crippen molar-refractivity contribution < 1.29 is 10.3 Å². The fourth-order valence-corrected chi connectivity index (χ4v) is 0.197. The molecule has 0 aliphatic heterocycles. The minimum Gasteiger partial charge on any atom is -0.411 e. The first-order valence-electron chi connectivity index (χ1n) is 2.42. The van der Waals surface area contributed by atoms with Crippen molar-refractivity contribution in [1.82, 2.24) is 0 Å². The van der Waals surface area contributed by atoms with Gasteiger partial charge in [-0.1, -0.05) is 13.8 Å². The fourth-order valence-electron chi connectivity index (χ4n) is 0.197. The second-order valence-electron chi connectivity index (χ2n) is 2.39. The Hall–Kier alpha value is -0.570. The lowest BCUT2D eigenvalue weighted by Crippen LogP contribution is -2.17. The van der Waals surface area contributed by atoms with Crippen LogP contribution in [0.15, 0.2) is 5.16 Å². The van der Waals surface area contributed by atoms with Gasteiger partial charge in [0, 0.05) is 5.41 Å². The maximum atomic E-state index is 8.52. The monoisotopic (exact) mass is 117 g/mol. The quantitative estimate of drug-likeness (QED) is 0.314. The molecule has 0 saturated carbocycles. The minimum atomic E-state index is -0.394. The first kappa shape index (κ1) is 7.43. The molecule has 8 heavy (non-hydrogen) atoms. The van der Waals surface area contributed by atoms with E-state index in [1.807, 2.05) is 0 Å². The Morgan fingerprint density at radius 3 is 2.25 bits per heavy atom. The van der Waals surface area contributed by atoms with E-state index in [-0.39, 0.29) is 6.61 Å². The van der Waals surface area contributed by atoms with E-state index >= 15 is 0 Å². The summed E-state index contributed by atoms with van der Waals surface area (Å²) in [6, 6.07) is 0. The molecular weight excluding hydrogens is 106 g/mol. The van der Waals surface area contributed by atoms with E-state index in [1.54, 1.807) is 13.8 Å². The van der Waals surface area contributed by atoms with Crippen LogP contribution < -0.4 is 0 Å². The Morgan fingerprint density at radius 2 is 2.12 bits per heavy atom. The number of oxime groups is 1. The second kappa shape index (κ2) is 2.67. The summed E-state index contributed by atoms with van der Waals surface area (Å²) in [6.07, 6.45) is 1.30. The Balaban J connectivity index is 3.71. The molecule has 0 aromatic carbocycles. The summed E-state index contributed by atoms with van der Waals surface area (Å²) >= 11 is 0. The highest BCUT2D eigenvalue weighted by Crippen LogP contribution is 2.08. The Kier molecular flexibility index (Phi) is 2.48. The molecule has 3 nitrogen and oxygen atoms in total. The summed E-state index contributed by atoms with van der Waals surface area (Å²) in [5.74, 6) is 0.